The SMILES string of the molecule is CCCCCCN(C(=O)C(CS)NC(=O)OC(C)(C)C)C(C(=O)NC(C)C)c1ccc(C)c(C)c1. The number of hydrogen-bond donors (Lipinski definition) is 3. The highest BCUT2D eigenvalue weighted by atomic mass is 32.1. The van der Waals surface area contributed by atoms with E-state index in [9.17, 15) is 14.4 Å². The number of aryl methyl sites for hydroxylation is 2. The van der Waals surface area contributed by atoms with Gasteiger partial charge >= 0.3 is 6.09 Å². The molecule has 0 bridgehead atoms. The van der Waals surface area contributed by atoms with Gasteiger partial charge in [0, 0.05) is 18.3 Å². The van der Waals surface area contributed by atoms with E-state index in [4.69, 9.17) is 4.74 Å². The molecule has 1 rings (SSSR count). The van der Waals surface area contributed by atoms with Crippen molar-refractivity contribution in [1.29, 1.82) is 0 Å². The van der Waals surface area contributed by atoms with Crippen LogP contribution in [0.25, 0.3) is 0 Å². The summed E-state index contributed by atoms with van der Waals surface area (Å²) >= 11 is 4.33. The van der Waals surface area contributed by atoms with Crippen molar-refractivity contribution in [3.8, 4) is 0 Å². The fourth-order valence-electron chi connectivity index (χ4n) is 3.68. The molecule has 3 amide bonds. The van der Waals surface area contributed by atoms with Crippen LogP contribution < -0.4 is 10.6 Å². The Labute approximate surface area is 217 Å². The maximum Gasteiger partial charge on any atom is 0.408 e. The summed E-state index contributed by atoms with van der Waals surface area (Å²) in [5.74, 6) is -0.526. The summed E-state index contributed by atoms with van der Waals surface area (Å²) in [4.78, 5) is 41.3. The molecule has 0 radical (unpaired) electrons. The quantitative estimate of drug-likeness (QED) is 0.271. The van der Waals surface area contributed by atoms with E-state index in [1.165, 1.54) is 0 Å². The van der Waals surface area contributed by atoms with Crippen LogP contribution in [0.1, 0.15) is 90.0 Å². The van der Waals surface area contributed by atoms with Gasteiger partial charge in [-0.15, -0.1) is 0 Å². The highest BCUT2D eigenvalue weighted by Gasteiger charge is 2.36. The van der Waals surface area contributed by atoms with Crippen molar-refractivity contribution < 1.29 is 19.1 Å². The van der Waals surface area contributed by atoms with Crippen LogP contribution in [0.5, 0.6) is 0 Å². The topological polar surface area (TPSA) is 87.7 Å². The zero-order valence-corrected chi connectivity index (χ0v) is 23.6. The van der Waals surface area contributed by atoms with Crippen molar-refractivity contribution in [2.45, 2.75) is 105 Å². The van der Waals surface area contributed by atoms with Crippen molar-refractivity contribution >= 4 is 30.5 Å². The van der Waals surface area contributed by atoms with Crippen molar-refractivity contribution in [3.63, 3.8) is 0 Å². The number of amides is 3. The number of carbonyl (C=O) groups excluding carboxylic acids is 3. The van der Waals surface area contributed by atoms with Crippen molar-refractivity contribution in [1.82, 2.24) is 15.5 Å². The molecule has 0 saturated heterocycles. The van der Waals surface area contributed by atoms with E-state index in [-0.39, 0.29) is 23.6 Å². The molecular weight excluding hydrogens is 462 g/mol. The third-order valence-corrected chi connectivity index (χ3v) is 5.91. The molecule has 2 atom stereocenters. The number of hydrogen-bond acceptors (Lipinski definition) is 5. The fraction of sp³-hybridized carbons (Fsp3) is 0.667. The Morgan fingerprint density at radius 3 is 2.20 bits per heavy atom. The molecule has 0 aliphatic carbocycles. The molecule has 35 heavy (non-hydrogen) atoms. The minimum Gasteiger partial charge on any atom is -0.444 e. The van der Waals surface area contributed by atoms with Crippen LogP contribution in [0.15, 0.2) is 18.2 Å². The van der Waals surface area contributed by atoms with E-state index < -0.39 is 23.8 Å². The Bertz CT molecular complexity index is 851. The maximum atomic E-state index is 13.8. The average Bonchev–Trinajstić information content (AvgIpc) is 2.74. The summed E-state index contributed by atoms with van der Waals surface area (Å²) in [6.45, 7) is 15.6. The van der Waals surface area contributed by atoms with Gasteiger partial charge in [-0.25, -0.2) is 4.79 Å². The Morgan fingerprint density at radius 1 is 1.03 bits per heavy atom. The van der Waals surface area contributed by atoms with Gasteiger partial charge in [-0.1, -0.05) is 44.4 Å². The van der Waals surface area contributed by atoms with E-state index >= 15 is 0 Å². The van der Waals surface area contributed by atoms with Crippen LogP contribution in [0, 0.1) is 13.8 Å². The van der Waals surface area contributed by atoms with Crippen molar-refractivity contribution in [2.75, 3.05) is 12.3 Å². The van der Waals surface area contributed by atoms with Gasteiger partial charge in [0.15, 0.2) is 0 Å². The van der Waals surface area contributed by atoms with Gasteiger partial charge in [-0.2, -0.15) is 12.6 Å². The lowest BCUT2D eigenvalue weighted by Gasteiger charge is -2.35. The molecule has 0 aromatic heterocycles. The lowest BCUT2D eigenvalue weighted by Crippen LogP contribution is -2.54. The van der Waals surface area contributed by atoms with Crippen LogP contribution >= 0.6 is 12.6 Å². The number of ether oxygens (including phenoxy) is 1. The molecule has 198 valence electrons. The first-order chi connectivity index (χ1) is 16.3. The fourth-order valence-corrected chi connectivity index (χ4v) is 3.93. The minimum atomic E-state index is -0.930. The van der Waals surface area contributed by atoms with E-state index in [1.807, 2.05) is 45.9 Å². The van der Waals surface area contributed by atoms with Crippen LogP contribution in [0.4, 0.5) is 4.79 Å². The monoisotopic (exact) mass is 507 g/mol. The molecule has 0 aliphatic heterocycles. The number of benzene rings is 1. The first kappa shape index (κ1) is 30.8. The largest absolute Gasteiger partial charge is 0.444 e. The Balaban J connectivity index is 3.41. The number of nitrogens with one attached hydrogen (secondary N) is 2. The number of thiol groups is 1. The molecule has 0 spiro atoms. The van der Waals surface area contributed by atoms with Crippen molar-refractivity contribution in [2.24, 2.45) is 0 Å². The molecule has 7 nitrogen and oxygen atoms in total. The summed E-state index contributed by atoms with van der Waals surface area (Å²) in [6, 6.07) is 3.98. The summed E-state index contributed by atoms with van der Waals surface area (Å²) in [5.41, 5.74) is 2.19. The Hall–Kier alpha value is -2.22. The predicted molar refractivity (Wildman–Crippen MR) is 145 cm³/mol. The predicted octanol–water partition coefficient (Wildman–Crippen LogP) is 5.10. The molecule has 0 saturated carbocycles. The van der Waals surface area contributed by atoms with Gasteiger partial charge in [-0.05, 0) is 71.6 Å². The number of rotatable bonds is 12. The summed E-state index contributed by atoms with van der Waals surface area (Å²) in [6.07, 6.45) is 3.10. The summed E-state index contributed by atoms with van der Waals surface area (Å²) < 4.78 is 5.35. The van der Waals surface area contributed by atoms with Gasteiger partial charge in [0.2, 0.25) is 11.8 Å². The van der Waals surface area contributed by atoms with Gasteiger partial charge in [0.1, 0.15) is 17.7 Å². The van der Waals surface area contributed by atoms with E-state index in [0.717, 1.165) is 42.4 Å². The third kappa shape index (κ3) is 10.5. The maximum absolute atomic E-state index is 13.8. The smallest absolute Gasteiger partial charge is 0.408 e. The van der Waals surface area contributed by atoms with Gasteiger partial charge in [-0.3, -0.25) is 9.59 Å². The standard InChI is InChI=1S/C27H45N3O4S/c1-9-10-11-12-15-30(25(32)22(17-35)29-26(33)34-27(6,7)8)23(24(31)28-18(2)3)21-14-13-19(4)20(5)16-21/h13-14,16,18,22-23,35H,9-12,15,17H2,1-8H3,(H,28,31)(H,29,33). The molecule has 0 aliphatic rings. The second-order valence-electron chi connectivity index (χ2n) is 10.4. The van der Waals surface area contributed by atoms with Gasteiger partial charge in [0.25, 0.3) is 0 Å². The molecule has 2 unspecified atom stereocenters. The molecular formula is C27H45N3O4S. The number of alkyl carbamates (subject to hydrolysis) is 1. The molecule has 1 aromatic rings. The summed E-state index contributed by atoms with van der Waals surface area (Å²) in [7, 11) is 0. The third-order valence-electron chi connectivity index (χ3n) is 5.54. The number of carbonyl (C=O) groups is 3. The van der Waals surface area contributed by atoms with Crippen LogP contribution in [0.2, 0.25) is 0 Å². The average molecular weight is 508 g/mol. The van der Waals surface area contributed by atoms with Crippen LogP contribution in [-0.2, 0) is 14.3 Å². The zero-order valence-electron chi connectivity index (χ0n) is 22.7. The molecule has 2 N–H and O–H groups in total. The zero-order chi connectivity index (χ0) is 26.8. The molecule has 0 fully saturated rings. The Kier molecular flexibility index (Phi) is 12.6. The van der Waals surface area contributed by atoms with E-state index in [0.29, 0.717) is 6.54 Å². The van der Waals surface area contributed by atoms with E-state index in [2.05, 4.69) is 30.2 Å². The lowest BCUT2D eigenvalue weighted by molar-refractivity contribution is -0.142. The first-order valence-electron chi connectivity index (χ1n) is 12.6. The van der Waals surface area contributed by atoms with Gasteiger partial charge < -0.3 is 20.3 Å². The second kappa shape index (κ2) is 14.4. The normalized spacial score (nSPS) is 13.2. The lowest BCUT2D eigenvalue weighted by atomic mass is 9.98. The highest BCUT2D eigenvalue weighted by Crippen LogP contribution is 2.26. The van der Waals surface area contributed by atoms with Crippen LogP contribution in [0.3, 0.4) is 0 Å². The van der Waals surface area contributed by atoms with Crippen molar-refractivity contribution in [3.05, 3.63) is 34.9 Å². The van der Waals surface area contributed by atoms with E-state index in [1.54, 1.807) is 25.7 Å². The first-order valence-corrected chi connectivity index (χ1v) is 13.2. The Morgan fingerprint density at radius 2 is 1.69 bits per heavy atom. The molecule has 0 heterocycles. The summed E-state index contributed by atoms with van der Waals surface area (Å²) in [5, 5.41) is 5.63. The molecule has 8 heteroatoms. The van der Waals surface area contributed by atoms with Crippen LogP contribution in [-0.4, -0.2) is 52.8 Å². The van der Waals surface area contributed by atoms with Gasteiger partial charge in [0.05, 0.1) is 0 Å². The molecule has 1 aromatic carbocycles. The second-order valence-corrected chi connectivity index (χ2v) is 10.7. The number of nitrogens with zero attached hydrogens (tertiary/aromatic N) is 1. The number of unbranched alkanes of at least 4 members (excludes halogenated alkanes) is 3. The minimum absolute atomic E-state index is 0.0784. The highest BCUT2D eigenvalue weighted by molar-refractivity contribution is 7.80.